The van der Waals surface area contributed by atoms with Gasteiger partial charge in [-0.15, -0.1) is 0 Å². The van der Waals surface area contributed by atoms with Gasteiger partial charge in [0.1, 0.15) is 0 Å². The van der Waals surface area contributed by atoms with Crippen molar-refractivity contribution in [2.75, 3.05) is 0 Å². The lowest BCUT2D eigenvalue weighted by Gasteiger charge is -2.32. The van der Waals surface area contributed by atoms with Crippen molar-refractivity contribution in [3.8, 4) is 22.3 Å². The molecule has 0 heteroatoms. The summed E-state index contributed by atoms with van der Waals surface area (Å²) < 4.78 is 0. The standard InChI is InChI=1S/C48H32/c1-2-9-35-27-37(18-15-31(35)7-1)38-23-25-43-41(29-38)20-19-40-28-36(22-24-42(40)43)32-13-16-34(17-14-32)47-30-39-10-4-6-12-45(39)48-44-11-5-3-8-33(44)21-26-46(47)48/h1-30,39,45H. The Kier molecular flexibility index (Phi) is 6.11. The third kappa shape index (κ3) is 4.37. The van der Waals surface area contributed by atoms with Crippen LogP contribution in [0.5, 0.6) is 0 Å². The molecule has 0 aromatic heterocycles. The Hall–Kier alpha value is -5.98. The molecule has 2 aliphatic rings. The Bertz CT molecular complexity index is 2660. The SMILES string of the molecule is C1=CC2C=C(c3ccc(-c4ccc5c(ccc6cc(-c7ccc8ccccc8c7)ccc65)c4)cc3)c3ccc4ccccc4c3C2C=C1. The van der Waals surface area contributed by atoms with Gasteiger partial charge in [0, 0.05) is 11.8 Å². The van der Waals surface area contributed by atoms with Gasteiger partial charge in [0.05, 0.1) is 0 Å². The molecule has 2 atom stereocenters. The Labute approximate surface area is 280 Å². The van der Waals surface area contributed by atoms with E-state index in [0.717, 1.165) is 0 Å². The molecule has 10 rings (SSSR count). The molecule has 0 saturated carbocycles. The first-order valence-corrected chi connectivity index (χ1v) is 16.9. The van der Waals surface area contributed by atoms with E-state index in [1.54, 1.807) is 0 Å². The van der Waals surface area contributed by atoms with E-state index in [1.165, 1.54) is 87.6 Å². The lowest BCUT2D eigenvalue weighted by molar-refractivity contribution is 0.694. The Morgan fingerprint density at radius 2 is 0.896 bits per heavy atom. The average Bonchev–Trinajstić information content (AvgIpc) is 3.16. The predicted molar refractivity (Wildman–Crippen MR) is 205 cm³/mol. The van der Waals surface area contributed by atoms with Crippen molar-refractivity contribution in [3.63, 3.8) is 0 Å². The fourth-order valence-corrected chi connectivity index (χ4v) is 8.14. The summed E-state index contributed by atoms with van der Waals surface area (Å²) in [5.41, 5.74) is 10.4. The molecular weight excluding hydrogens is 577 g/mol. The van der Waals surface area contributed by atoms with Crippen molar-refractivity contribution in [1.82, 2.24) is 0 Å². The minimum atomic E-state index is 0.363. The summed E-state index contributed by atoms with van der Waals surface area (Å²) >= 11 is 0. The summed E-state index contributed by atoms with van der Waals surface area (Å²) in [5.74, 6) is 0.736. The zero-order valence-corrected chi connectivity index (χ0v) is 26.5. The predicted octanol–water partition coefficient (Wildman–Crippen LogP) is 12.9. The molecule has 0 aliphatic heterocycles. The topological polar surface area (TPSA) is 0 Å². The summed E-state index contributed by atoms with van der Waals surface area (Å²) in [5, 5.41) is 10.3. The van der Waals surface area contributed by atoms with Crippen molar-refractivity contribution in [2.45, 2.75) is 5.92 Å². The van der Waals surface area contributed by atoms with Crippen molar-refractivity contribution in [2.24, 2.45) is 5.92 Å². The molecule has 0 N–H and O–H groups in total. The highest BCUT2D eigenvalue weighted by Crippen LogP contribution is 2.46. The second-order valence-electron chi connectivity index (χ2n) is 13.3. The maximum Gasteiger partial charge on any atom is 0.0131 e. The van der Waals surface area contributed by atoms with E-state index in [4.69, 9.17) is 0 Å². The maximum absolute atomic E-state index is 2.48. The van der Waals surface area contributed by atoms with E-state index < -0.39 is 0 Å². The van der Waals surface area contributed by atoms with Crippen LogP contribution in [-0.2, 0) is 0 Å². The van der Waals surface area contributed by atoms with Crippen LogP contribution in [0.4, 0.5) is 0 Å². The van der Waals surface area contributed by atoms with Crippen molar-refractivity contribution >= 4 is 48.7 Å². The first kappa shape index (κ1) is 27.2. The highest BCUT2D eigenvalue weighted by Gasteiger charge is 2.29. The van der Waals surface area contributed by atoms with Gasteiger partial charge in [-0.1, -0.05) is 164 Å². The summed E-state index contributed by atoms with van der Waals surface area (Å²) in [6.07, 6.45) is 11.6. The van der Waals surface area contributed by atoms with E-state index >= 15 is 0 Å². The minimum Gasteiger partial charge on any atom is -0.0767 e. The second kappa shape index (κ2) is 10.8. The molecule has 48 heavy (non-hydrogen) atoms. The van der Waals surface area contributed by atoms with E-state index in [0.29, 0.717) is 11.8 Å². The fraction of sp³-hybridized carbons (Fsp3) is 0.0417. The molecule has 0 radical (unpaired) electrons. The van der Waals surface area contributed by atoms with Crippen LogP contribution >= 0.6 is 0 Å². The van der Waals surface area contributed by atoms with E-state index in [-0.39, 0.29) is 0 Å². The molecule has 0 nitrogen and oxygen atoms in total. The van der Waals surface area contributed by atoms with Gasteiger partial charge in [-0.25, -0.2) is 0 Å². The monoisotopic (exact) mass is 608 g/mol. The first-order valence-electron chi connectivity index (χ1n) is 16.9. The van der Waals surface area contributed by atoms with Gasteiger partial charge in [0.15, 0.2) is 0 Å². The fourth-order valence-electron chi connectivity index (χ4n) is 8.14. The quantitative estimate of drug-likeness (QED) is 0.175. The minimum absolute atomic E-state index is 0.363. The van der Waals surface area contributed by atoms with Crippen LogP contribution in [0, 0.1) is 5.92 Å². The third-order valence-electron chi connectivity index (χ3n) is 10.6. The highest BCUT2D eigenvalue weighted by atomic mass is 14.3. The normalized spacial score (nSPS) is 16.7. The van der Waals surface area contributed by atoms with Gasteiger partial charge >= 0.3 is 0 Å². The van der Waals surface area contributed by atoms with Crippen LogP contribution < -0.4 is 0 Å². The highest BCUT2D eigenvalue weighted by molar-refractivity contribution is 6.09. The summed E-state index contributed by atoms with van der Waals surface area (Å²) in [6.45, 7) is 0. The number of benzene rings is 8. The summed E-state index contributed by atoms with van der Waals surface area (Å²) in [6, 6.07) is 56.3. The van der Waals surface area contributed by atoms with Gasteiger partial charge in [-0.3, -0.25) is 0 Å². The van der Waals surface area contributed by atoms with Crippen LogP contribution in [0.2, 0.25) is 0 Å². The van der Waals surface area contributed by atoms with E-state index in [2.05, 4.69) is 182 Å². The Balaban J connectivity index is 0.992. The molecule has 0 spiro atoms. The van der Waals surface area contributed by atoms with Crippen LogP contribution in [0.3, 0.4) is 0 Å². The largest absolute Gasteiger partial charge is 0.0767 e. The molecule has 8 aromatic rings. The van der Waals surface area contributed by atoms with E-state index in [1.807, 2.05) is 0 Å². The molecule has 224 valence electrons. The molecule has 8 aromatic carbocycles. The Morgan fingerprint density at radius 3 is 1.67 bits per heavy atom. The number of allylic oxidation sites excluding steroid dienone is 5. The summed E-state index contributed by atoms with van der Waals surface area (Å²) in [7, 11) is 0. The third-order valence-corrected chi connectivity index (χ3v) is 10.6. The molecule has 0 bridgehead atoms. The molecular formula is C48H32. The van der Waals surface area contributed by atoms with Gasteiger partial charge in [-0.05, 0) is 106 Å². The number of hydrogen-bond acceptors (Lipinski definition) is 0. The maximum atomic E-state index is 2.48. The summed E-state index contributed by atoms with van der Waals surface area (Å²) in [4.78, 5) is 0. The van der Waals surface area contributed by atoms with Crippen molar-refractivity contribution < 1.29 is 0 Å². The molecule has 0 amide bonds. The Morgan fingerprint density at radius 1 is 0.354 bits per heavy atom. The van der Waals surface area contributed by atoms with Gasteiger partial charge in [-0.2, -0.15) is 0 Å². The molecule has 0 saturated heterocycles. The van der Waals surface area contributed by atoms with E-state index in [9.17, 15) is 0 Å². The van der Waals surface area contributed by atoms with Gasteiger partial charge in [0.2, 0.25) is 0 Å². The van der Waals surface area contributed by atoms with Crippen LogP contribution in [-0.4, -0.2) is 0 Å². The molecule has 2 aliphatic carbocycles. The van der Waals surface area contributed by atoms with Crippen LogP contribution in [0.15, 0.2) is 182 Å². The lowest BCUT2D eigenvalue weighted by Crippen LogP contribution is -2.16. The van der Waals surface area contributed by atoms with Crippen molar-refractivity contribution in [3.05, 3.63) is 199 Å². The molecule has 2 unspecified atom stereocenters. The smallest absolute Gasteiger partial charge is 0.0131 e. The number of hydrogen-bond donors (Lipinski definition) is 0. The number of rotatable bonds is 3. The molecule has 0 fully saturated rings. The van der Waals surface area contributed by atoms with Crippen LogP contribution in [0.1, 0.15) is 22.6 Å². The lowest BCUT2D eigenvalue weighted by atomic mass is 9.71. The zero-order chi connectivity index (χ0) is 31.6. The number of fused-ring (bicyclic) bond motifs is 9. The zero-order valence-electron chi connectivity index (χ0n) is 26.5. The van der Waals surface area contributed by atoms with Crippen LogP contribution in [0.25, 0.3) is 70.9 Å². The molecule has 0 heterocycles. The van der Waals surface area contributed by atoms with Gasteiger partial charge in [0.25, 0.3) is 0 Å². The average molecular weight is 609 g/mol. The van der Waals surface area contributed by atoms with Gasteiger partial charge < -0.3 is 0 Å². The second-order valence-corrected chi connectivity index (χ2v) is 13.3. The van der Waals surface area contributed by atoms with Crippen molar-refractivity contribution in [1.29, 1.82) is 0 Å². The first-order chi connectivity index (χ1) is 23.8.